The Morgan fingerprint density at radius 2 is 1.56 bits per heavy atom. The monoisotopic (exact) mass is 132 g/mol. The molecule has 2 heteroatoms. The summed E-state index contributed by atoms with van der Waals surface area (Å²) in [6, 6.07) is 0. The summed E-state index contributed by atoms with van der Waals surface area (Å²) in [5.41, 5.74) is 0. The van der Waals surface area contributed by atoms with E-state index < -0.39 is 0 Å². The molecule has 0 spiro atoms. The summed E-state index contributed by atoms with van der Waals surface area (Å²) < 4.78 is 0. The molecule has 58 valence electrons. The van der Waals surface area contributed by atoms with Crippen LogP contribution in [0.1, 0.15) is 20.3 Å². The summed E-state index contributed by atoms with van der Waals surface area (Å²) >= 11 is 0. The van der Waals surface area contributed by atoms with Gasteiger partial charge in [-0.3, -0.25) is 0 Å². The Kier molecular flexibility index (Phi) is 20.3. The molecule has 0 atom stereocenters. The molecule has 0 unspecified atom stereocenters. The van der Waals surface area contributed by atoms with Gasteiger partial charge in [-0.05, 0) is 33.6 Å². The van der Waals surface area contributed by atoms with Crippen molar-refractivity contribution in [1.29, 1.82) is 0 Å². The van der Waals surface area contributed by atoms with Crippen LogP contribution in [0.4, 0.5) is 0 Å². The van der Waals surface area contributed by atoms with Crippen molar-refractivity contribution in [2.24, 2.45) is 0 Å². The van der Waals surface area contributed by atoms with Gasteiger partial charge in [0.05, 0.1) is 0 Å². The van der Waals surface area contributed by atoms with Gasteiger partial charge in [0.15, 0.2) is 0 Å². The van der Waals surface area contributed by atoms with E-state index in [0.29, 0.717) is 0 Å². The zero-order chi connectivity index (χ0) is 7.54. The van der Waals surface area contributed by atoms with Crippen molar-refractivity contribution in [1.82, 2.24) is 10.6 Å². The van der Waals surface area contributed by atoms with Crippen LogP contribution in [0.2, 0.25) is 0 Å². The number of hydrogen-bond acceptors (Lipinski definition) is 2. The predicted octanol–water partition coefficient (Wildman–Crippen LogP) is 0.841. The molecule has 0 aromatic carbocycles. The van der Waals surface area contributed by atoms with Crippen LogP contribution < -0.4 is 10.6 Å². The van der Waals surface area contributed by atoms with Crippen molar-refractivity contribution in [3.63, 3.8) is 0 Å². The van der Waals surface area contributed by atoms with Crippen molar-refractivity contribution >= 4 is 0 Å². The van der Waals surface area contributed by atoms with E-state index in [1.165, 1.54) is 6.42 Å². The van der Waals surface area contributed by atoms with Crippen LogP contribution in [0.15, 0.2) is 0 Å². The van der Waals surface area contributed by atoms with E-state index in [1.807, 2.05) is 14.1 Å². The van der Waals surface area contributed by atoms with Crippen molar-refractivity contribution in [2.45, 2.75) is 20.3 Å². The van der Waals surface area contributed by atoms with Crippen LogP contribution in [0.3, 0.4) is 0 Å². The number of rotatable bonds is 3. The lowest BCUT2D eigenvalue weighted by Gasteiger charge is -1.91. The van der Waals surface area contributed by atoms with E-state index in [1.54, 1.807) is 0 Å². The average Bonchev–Trinajstić information content (AvgIpc) is 1.86. The molecule has 0 amide bonds. The average molecular weight is 132 g/mol. The molecule has 0 heterocycles. The molecule has 0 aromatic rings. The molecule has 0 aliphatic rings. The van der Waals surface area contributed by atoms with Gasteiger partial charge >= 0.3 is 0 Å². The van der Waals surface area contributed by atoms with Crippen molar-refractivity contribution in [2.75, 3.05) is 27.2 Å². The summed E-state index contributed by atoms with van der Waals surface area (Å²) in [5.74, 6) is 0. The van der Waals surface area contributed by atoms with Gasteiger partial charge in [0.1, 0.15) is 0 Å². The molecule has 0 fully saturated rings. The normalized spacial score (nSPS) is 8.00. The molecular weight excluding hydrogens is 112 g/mol. The summed E-state index contributed by atoms with van der Waals surface area (Å²) in [6.07, 6.45) is 1.24. The molecule has 0 aliphatic heterocycles. The lowest BCUT2D eigenvalue weighted by atomic mass is 10.5. The minimum Gasteiger partial charge on any atom is -0.323 e. The van der Waals surface area contributed by atoms with Crippen LogP contribution in [0.25, 0.3) is 0 Å². The van der Waals surface area contributed by atoms with Crippen LogP contribution in [-0.2, 0) is 0 Å². The second-order valence-electron chi connectivity index (χ2n) is 1.85. The number of nitrogens with one attached hydrogen (secondary N) is 2. The Hall–Kier alpha value is -0.0800. The van der Waals surface area contributed by atoms with Gasteiger partial charge in [-0.25, -0.2) is 0 Å². The first-order valence-electron chi connectivity index (χ1n) is 3.62. The molecular formula is C7H20N2. The molecule has 0 aromatic heterocycles. The predicted molar refractivity (Wildman–Crippen MR) is 43.8 cm³/mol. The fourth-order valence-corrected chi connectivity index (χ4v) is 0.354. The van der Waals surface area contributed by atoms with Crippen LogP contribution in [0, 0.1) is 0 Å². The first-order chi connectivity index (χ1) is 4.33. The van der Waals surface area contributed by atoms with Crippen molar-refractivity contribution in [3.8, 4) is 0 Å². The Balaban J connectivity index is 0. The lowest BCUT2D eigenvalue weighted by molar-refractivity contribution is 0.703. The molecule has 9 heavy (non-hydrogen) atoms. The quantitative estimate of drug-likeness (QED) is 0.556. The minimum atomic E-state index is 1.10. The van der Waals surface area contributed by atoms with E-state index in [-0.39, 0.29) is 0 Å². The summed E-state index contributed by atoms with van der Waals surface area (Å²) in [7, 11) is 3.75. The SMILES string of the molecule is CCCNCC.CNC. The minimum absolute atomic E-state index is 1.10. The van der Waals surface area contributed by atoms with Gasteiger partial charge in [0.25, 0.3) is 0 Å². The van der Waals surface area contributed by atoms with Gasteiger partial charge in [-0.2, -0.15) is 0 Å². The summed E-state index contributed by atoms with van der Waals surface area (Å²) in [5, 5.41) is 5.95. The molecule has 2 N–H and O–H groups in total. The number of hydrogen-bond donors (Lipinski definition) is 2. The maximum Gasteiger partial charge on any atom is -0.00517 e. The van der Waals surface area contributed by atoms with Gasteiger partial charge in [-0.15, -0.1) is 0 Å². The molecule has 2 nitrogen and oxygen atoms in total. The fourth-order valence-electron chi connectivity index (χ4n) is 0.354. The fraction of sp³-hybridized carbons (Fsp3) is 1.00. The first-order valence-corrected chi connectivity index (χ1v) is 3.62. The third kappa shape index (κ3) is 32.6. The molecule has 0 rings (SSSR count). The molecule has 0 saturated carbocycles. The zero-order valence-corrected chi connectivity index (χ0v) is 7.12. The maximum absolute atomic E-state index is 3.20. The standard InChI is InChI=1S/C5H13N.C2H7N/c1-3-5-6-4-2;1-3-2/h6H,3-5H2,1-2H3;3H,1-2H3. The van der Waals surface area contributed by atoms with Crippen molar-refractivity contribution < 1.29 is 0 Å². The van der Waals surface area contributed by atoms with Gasteiger partial charge in [0, 0.05) is 0 Å². The van der Waals surface area contributed by atoms with Crippen LogP contribution in [0.5, 0.6) is 0 Å². The highest BCUT2D eigenvalue weighted by Gasteiger charge is 1.71. The third-order valence-electron chi connectivity index (χ3n) is 0.677. The van der Waals surface area contributed by atoms with Crippen molar-refractivity contribution in [3.05, 3.63) is 0 Å². The molecule has 0 saturated heterocycles. The van der Waals surface area contributed by atoms with Gasteiger partial charge in [0.2, 0.25) is 0 Å². The van der Waals surface area contributed by atoms with Crippen LogP contribution in [-0.4, -0.2) is 27.2 Å². The largest absolute Gasteiger partial charge is 0.323 e. The van der Waals surface area contributed by atoms with Gasteiger partial charge < -0.3 is 10.6 Å². The highest BCUT2D eigenvalue weighted by Crippen LogP contribution is 1.65. The molecule has 0 radical (unpaired) electrons. The van der Waals surface area contributed by atoms with E-state index >= 15 is 0 Å². The van der Waals surface area contributed by atoms with E-state index in [2.05, 4.69) is 24.5 Å². The smallest absolute Gasteiger partial charge is 0.00517 e. The summed E-state index contributed by atoms with van der Waals surface area (Å²) in [4.78, 5) is 0. The zero-order valence-electron chi connectivity index (χ0n) is 7.12. The highest BCUT2D eigenvalue weighted by molar-refractivity contribution is 4.35. The Bertz CT molecular complexity index is 26.1. The Morgan fingerprint density at radius 3 is 1.67 bits per heavy atom. The Labute approximate surface area is 59.0 Å². The van der Waals surface area contributed by atoms with Crippen LogP contribution >= 0.6 is 0 Å². The molecule has 0 aliphatic carbocycles. The second kappa shape index (κ2) is 15.7. The van der Waals surface area contributed by atoms with E-state index in [4.69, 9.17) is 0 Å². The van der Waals surface area contributed by atoms with E-state index in [0.717, 1.165) is 13.1 Å². The topological polar surface area (TPSA) is 24.1 Å². The third-order valence-corrected chi connectivity index (χ3v) is 0.677. The lowest BCUT2D eigenvalue weighted by Crippen LogP contribution is -2.12. The second-order valence-corrected chi connectivity index (χ2v) is 1.85. The van der Waals surface area contributed by atoms with Gasteiger partial charge in [-0.1, -0.05) is 13.8 Å². The summed E-state index contributed by atoms with van der Waals surface area (Å²) in [6.45, 7) is 6.56. The highest BCUT2D eigenvalue weighted by atomic mass is 14.8. The Morgan fingerprint density at radius 1 is 1.11 bits per heavy atom. The first kappa shape index (κ1) is 11.7. The maximum atomic E-state index is 3.20. The molecule has 0 bridgehead atoms. The van der Waals surface area contributed by atoms with E-state index in [9.17, 15) is 0 Å².